The van der Waals surface area contributed by atoms with Crippen LogP contribution in [0.1, 0.15) is 39.5 Å². The van der Waals surface area contributed by atoms with Crippen LogP contribution in [0.4, 0.5) is 0 Å². The van der Waals surface area contributed by atoms with Gasteiger partial charge >= 0.3 is 0 Å². The lowest BCUT2D eigenvalue weighted by Gasteiger charge is -2.39. The van der Waals surface area contributed by atoms with Crippen molar-refractivity contribution < 1.29 is 0 Å². The zero-order valence-electron chi connectivity index (χ0n) is 12.9. The lowest BCUT2D eigenvalue weighted by molar-refractivity contribution is 0.362. The van der Waals surface area contributed by atoms with Crippen LogP contribution in [-0.4, -0.2) is 48.0 Å². The Morgan fingerprint density at radius 1 is 1.35 bits per heavy atom. The molecule has 3 rings (SSSR count). The Bertz CT molecular complexity index is 375. The van der Waals surface area contributed by atoms with Crippen molar-refractivity contribution in [3.63, 3.8) is 0 Å². The summed E-state index contributed by atoms with van der Waals surface area (Å²) in [5.74, 6) is 3.35. The Balaban J connectivity index is 0.00000147. The molecule has 2 aliphatic carbocycles. The van der Waals surface area contributed by atoms with E-state index in [-0.39, 0.29) is 24.0 Å². The smallest absolute Gasteiger partial charge is 0.193 e. The van der Waals surface area contributed by atoms with Crippen LogP contribution < -0.4 is 5.32 Å². The van der Waals surface area contributed by atoms with E-state index in [1.807, 2.05) is 7.05 Å². The summed E-state index contributed by atoms with van der Waals surface area (Å²) in [5, 5.41) is 3.67. The molecule has 0 radical (unpaired) electrons. The van der Waals surface area contributed by atoms with Gasteiger partial charge < -0.3 is 10.2 Å². The zero-order valence-corrected chi connectivity index (χ0v) is 16.1. The molecule has 0 aromatic heterocycles. The van der Waals surface area contributed by atoms with Crippen molar-refractivity contribution >= 4 is 41.7 Å². The minimum absolute atomic E-state index is 0. The summed E-state index contributed by atoms with van der Waals surface area (Å²) < 4.78 is 0.351. The number of nitrogens with zero attached hydrogens (tertiary/aromatic N) is 2. The molecule has 2 saturated carbocycles. The van der Waals surface area contributed by atoms with Gasteiger partial charge in [0, 0.05) is 37.2 Å². The van der Waals surface area contributed by atoms with Crippen molar-refractivity contribution in [3.05, 3.63) is 0 Å². The Morgan fingerprint density at radius 3 is 2.55 bits per heavy atom. The highest BCUT2D eigenvalue weighted by Gasteiger charge is 2.53. The lowest BCUT2D eigenvalue weighted by atomic mass is 10.0. The van der Waals surface area contributed by atoms with Gasteiger partial charge in [-0.2, -0.15) is 11.8 Å². The SMILES string of the molecule is CN=C(NCC1(C2CC2)CC1)N1CCSC(C)(C)C1.I. The average Bonchev–Trinajstić information content (AvgIpc) is 3.23. The van der Waals surface area contributed by atoms with Crippen LogP contribution >= 0.6 is 35.7 Å². The first-order valence-electron chi connectivity index (χ1n) is 7.64. The van der Waals surface area contributed by atoms with Crippen LogP contribution in [0.2, 0.25) is 0 Å². The molecule has 0 unspecified atom stereocenters. The maximum atomic E-state index is 4.51. The highest BCUT2D eigenvalue weighted by atomic mass is 127. The standard InChI is InChI=1S/C15H27N3S.HI/c1-14(2)11-18(8-9-19-14)13(16-3)17-10-15(6-7-15)12-4-5-12;/h12H,4-11H2,1-3H3,(H,16,17);1H. The van der Waals surface area contributed by atoms with Crippen molar-refractivity contribution in [3.8, 4) is 0 Å². The van der Waals surface area contributed by atoms with Gasteiger partial charge in [0.05, 0.1) is 0 Å². The predicted molar refractivity (Wildman–Crippen MR) is 99.3 cm³/mol. The molecular formula is C15H28IN3S. The van der Waals surface area contributed by atoms with Crippen molar-refractivity contribution in [1.82, 2.24) is 10.2 Å². The third-order valence-corrected chi connectivity index (χ3v) is 6.17. The second kappa shape index (κ2) is 6.23. The zero-order chi connectivity index (χ0) is 13.5. The van der Waals surface area contributed by atoms with Gasteiger partial charge in [0.15, 0.2) is 5.96 Å². The molecule has 0 aromatic carbocycles. The van der Waals surface area contributed by atoms with Crippen molar-refractivity contribution in [2.75, 3.05) is 32.4 Å². The molecule has 3 aliphatic rings. The number of thioether (sulfide) groups is 1. The molecule has 3 fully saturated rings. The third kappa shape index (κ3) is 3.76. The molecule has 1 heterocycles. The second-order valence-electron chi connectivity index (χ2n) is 7.07. The van der Waals surface area contributed by atoms with E-state index in [2.05, 4.69) is 40.8 Å². The maximum Gasteiger partial charge on any atom is 0.193 e. The first kappa shape index (κ1) is 16.7. The molecule has 1 aliphatic heterocycles. The Kier molecular flexibility index (Phi) is 5.20. The maximum absolute atomic E-state index is 4.51. The number of guanidine groups is 1. The summed E-state index contributed by atoms with van der Waals surface area (Å²) in [6, 6.07) is 0. The van der Waals surface area contributed by atoms with E-state index in [1.54, 1.807) is 0 Å². The molecule has 0 bridgehead atoms. The molecule has 0 aromatic rings. The van der Waals surface area contributed by atoms with E-state index < -0.39 is 0 Å². The number of rotatable bonds is 3. The molecule has 20 heavy (non-hydrogen) atoms. The fraction of sp³-hybridized carbons (Fsp3) is 0.933. The Morgan fingerprint density at radius 2 is 2.05 bits per heavy atom. The third-order valence-electron chi connectivity index (χ3n) is 4.87. The highest BCUT2D eigenvalue weighted by Crippen LogP contribution is 2.60. The van der Waals surface area contributed by atoms with Gasteiger partial charge in [0.1, 0.15) is 0 Å². The molecule has 0 amide bonds. The van der Waals surface area contributed by atoms with E-state index in [4.69, 9.17) is 0 Å². The van der Waals surface area contributed by atoms with Crippen LogP contribution in [-0.2, 0) is 0 Å². The Labute approximate surface area is 144 Å². The van der Waals surface area contributed by atoms with Crippen LogP contribution in [0.3, 0.4) is 0 Å². The second-order valence-corrected chi connectivity index (χ2v) is 8.87. The van der Waals surface area contributed by atoms with Crippen LogP contribution in [0.5, 0.6) is 0 Å². The topological polar surface area (TPSA) is 27.6 Å². The summed E-state index contributed by atoms with van der Waals surface area (Å²) in [5.41, 5.74) is 0.649. The minimum Gasteiger partial charge on any atom is -0.356 e. The van der Waals surface area contributed by atoms with Gasteiger partial charge in [-0.15, -0.1) is 24.0 Å². The monoisotopic (exact) mass is 409 g/mol. The molecule has 1 saturated heterocycles. The van der Waals surface area contributed by atoms with Gasteiger partial charge in [0.25, 0.3) is 0 Å². The van der Waals surface area contributed by atoms with Gasteiger partial charge in [-0.25, -0.2) is 0 Å². The van der Waals surface area contributed by atoms with Crippen LogP contribution in [0.15, 0.2) is 4.99 Å². The fourth-order valence-corrected chi connectivity index (χ4v) is 4.48. The normalized spacial score (nSPS) is 27.8. The predicted octanol–water partition coefficient (Wildman–Crippen LogP) is 3.20. The summed E-state index contributed by atoms with van der Waals surface area (Å²) in [6.07, 6.45) is 5.80. The number of halogens is 1. The van der Waals surface area contributed by atoms with E-state index in [0.29, 0.717) is 10.2 Å². The van der Waals surface area contributed by atoms with Gasteiger partial charge in [-0.1, -0.05) is 0 Å². The average molecular weight is 409 g/mol. The fourth-order valence-electron chi connectivity index (χ4n) is 3.37. The van der Waals surface area contributed by atoms with Crippen LogP contribution in [0, 0.1) is 11.3 Å². The van der Waals surface area contributed by atoms with Crippen molar-refractivity contribution in [1.29, 1.82) is 0 Å². The molecule has 5 heteroatoms. The number of hydrogen-bond donors (Lipinski definition) is 1. The molecule has 0 spiro atoms. The molecule has 1 N–H and O–H groups in total. The van der Waals surface area contributed by atoms with Crippen molar-refractivity contribution in [2.24, 2.45) is 16.3 Å². The number of nitrogens with one attached hydrogen (secondary N) is 1. The largest absolute Gasteiger partial charge is 0.356 e. The lowest BCUT2D eigenvalue weighted by Crippen LogP contribution is -2.51. The van der Waals surface area contributed by atoms with Crippen LogP contribution in [0.25, 0.3) is 0 Å². The molecule has 3 nitrogen and oxygen atoms in total. The Hall–Kier alpha value is 0.350. The number of aliphatic imine (C=N–C) groups is 1. The van der Waals surface area contributed by atoms with Gasteiger partial charge in [-0.3, -0.25) is 4.99 Å². The first-order chi connectivity index (χ1) is 9.05. The van der Waals surface area contributed by atoms with E-state index in [1.165, 1.54) is 31.4 Å². The summed E-state index contributed by atoms with van der Waals surface area (Å²) in [6.45, 7) is 8.06. The first-order valence-corrected chi connectivity index (χ1v) is 8.63. The molecule has 116 valence electrons. The summed E-state index contributed by atoms with van der Waals surface area (Å²) >= 11 is 2.08. The number of hydrogen-bond acceptors (Lipinski definition) is 2. The van der Waals surface area contributed by atoms with E-state index in [0.717, 1.165) is 31.5 Å². The molecule has 0 atom stereocenters. The highest BCUT2D eigenvalue weighted by molar-refractivity contribution is 14.0. The van der Waals surface area contributed by atoms with Gasteiger partial charge in [0.2, 0.25) is 0 Å². The molecular weight excluding hydrogens is 381 g/mol. The summed E-state index contributed by atoms with van der Waals surface area (Å²) in [7, 11) is 1.92. The van der Waals surface area contributed by atoms with Gasteiger partial charge in [-0.05, 0) is 50.9 Å². The van der Waals surface area contributed by atoms with Crippen molar-refractivity contribution in [2.45, 2.75) is 44.3 Å². The van der Waals surface area contributed by atoms with E-state index >= 15 is 0 Å². The van der Waals surface area contributed by atoms with E-state index in [9.17, 15) is 0 Å². The quantitative estimate of drug-likeness (QED) is 0.441. The minimum atomic E-state index is 0. The summed E-state index contributed by atoms with van der Waals surface area (Å²) in [4.78, 5) is 6.95.